The summed E-state index contributed by atoms with van der Waals surface area (Å²) in [4.78, 5) is 22.5. The zero-order valence-corrected chi connectivity index (χ0v) is 9.76. The topological polar surface area (TPSA) is 83.7 Å². The normalized spacial score (nSPS) is 9.89. The monoisotopic (exact) mass is 258 g/mol. The number of benzene rings is 2. The van der Waals surface area contributed by atoms with Crippen LogP contribution in [0.25, 0.3) is 0 Å². The van der Waals surface area contributed by atoms with Crippen molar-refractivity contribution in [3.63, 3.8) is 0 Å². The summed E-state index contributed by atoms with van der Waals surface area (Å²) in [6, 6.07) is 13.9. The number of hydrogen-bond acceptors (Lipinski definition) is 3. The smallest absolute Gasteiger partial charge is 0.416 e. The first-order valence-corrected chi connectivity index (χ1v) is 5.42. The van der Waals surface area contributed by atoms with Crippen LogP contribution in [0.1, 0.15) is 0 Å². The van der Waals surface area contributed by atoms with Gasteiger partial charge in [-0.05, 0) is 18.2 Å². The zero-order valence-electron chi connectivity index (χ0n) is 9.76. The molecular formula is C13H10N2O4. The molecule has 19 heavy (non-hydrogen) atoms. The summed E-state index contributed by atoms with van der Waals surface area (Å²) in [6.07, 6.45) is -1.20. The lowest BCUT2D eigenvalue weighted by Crippen LogP contribution is -2.23. The number of carboxylic acid groups (broad SMARTS) is 1. The van der Waals surface area contributed by atoms with Crippen molar-refractivity contribution in [2.45, 2.75) is 0 Å². The van der Waals surface area contributed by atoms with E-state index in [4.69, 9.17) is 0 Å². The van der Waals surface area contributed by atoms with Gasteiger partial charge in [-0.3, -0.25) is 10.1 Å². The molecule has 0 saturated carbocycles. The van der Waals surface area contributed by atoms with Gasteiger partial charge in [-0.2, -0.15) is 0 Å². The Balaban J connectivity index is 2.49. The van der Waals surface area contributed by atoms with Crippen LogP contribution in [0.5, 0.6) is 0 Å². The van der Waals surface area contributed by atoms with E-state index in [9.17, 15) is 20.0 Å². The van der Waals surface area contributed by atoms with Crippen molar-refractivity contribution in [1.82, 2.24) is 0 Å². The molecule has 0 bridgehead atoms. The second kappa shape index (κ2) is 5.18. The molecule has 0 fully saturated rings. The van der Waals surface area contributed by atoms with Gasteiger partial charge >= 0.3 is 6.09 Å². The van der Waals surface area contributed by atoms with Gasteiger partial charge in [0, 0.05) is 12.1 Å². The van der Waals surface area contributed by atoms with Gasteiger partial charge in [-0.25, -0.2) is 9.69 Å². The average molecular weight is 258 g/mol. The highest BCUT2D eigenvalue weighted by molar-refractivity contribution is 5.95. The summed E-state index contributed by atoms with van der Waals surface area (Å²) in [7, 11) is 0. The molecule has 0 radical (unpaired) electrons. The Morgan fingerprint density at radius 3 is 2.26 bits per heavy atom. The van der Waals surface area contributed by atoms with Crippen molar-refractivity contribution >= 4 is 23.2 Å². The highest BCUT2D eigenvalue weighted by Crippen LogP contribution is 2.28. The molecule has 0 aromatic heterocycles. The molecule has 0 aliphatic heterocycles. The van der Waals surface area contributed by atoms with Crippen LogP contribution in [0.4, 0.5) is 21.9 Å². The fourth-order valence-corrected chi connectivity index (χ4v) is 1.69. The van der Waals surface area contributed by atoms with Crippen molar-refractivity contribution in [1.29, 1.82) is 0 Å². The van der Waals surface area contributed by atoms with Crippen LogP contribution < -0.4 is 4.90 Å². The van der Waals surface area contributed by atoms with E-state index in [-0.39, 0.29) is 11.4 Å². The number of rotatable bonds is 3. The summed E-state index contributed by atoms with van der Waals surface area (Å²) in [6.45, 7) is 0. The van der Waals surface area contributed by atoms with Gasteiger partial charge in [-0.15, -0.1) is 0 Å². The minimum atomic E-state index is -1.20. The highest BCUT2D eigenvalue weighted by Gasteiger charge is 2.18. The Hall–Kier alpha value is -2.89. The van der Waals surface area contributed by atoms with E-state index in [2.05, 4.69) is 0 Å². The Morgan fingerprint density at radius 1 is 1.05 bits per heavy atom. The SMILES string of the molecule is O=C(O)N(c1ccccc1)c1cccc([N+](=O)[O-])c1. The maximum atomic E-state index is 11.3. The molecule has 0 aliphatic carbocycles. The molecule has 1 N–H and O–H groups in total. The van der Waals surface area contributed by atoms with Crippen molar-refractivity contribution in [2.24, 2.45) is 0 Å². The maximum absolute atomic E-state index is 11.3. The predicted octanol–water partition coefficient (Wildman–Crippen LogP) is 3.41. The Labute approximate surface area is 108 Å². The van der Waals surface area contributed by atoms with Crippen LogP contribution in [0.15, 0.2) is 54.6 Å². The average Bonchev–Trinajstić information content (AvgIpc) is 2.40. The number of non-ortho nitro benzene ring substituents is 1. The van der Waals surface area contributed by atoms with Crippen molar-refractivity contribution in [3.05, 3.63) is 64.7 Å². The second-order valence-electron chi connectivity index (χ2n) is 3.73. The van der Waals surface area contributed by atoms with E-state index in [1.807, 2.05) is 0 Å². The largest absolute Gasteiger partial charge is 0.464 e. The van der Waals surface area contributed by atoms with Gasteiger partial charge in [0.15, 0.2) is 0 Å². The van der Waals surface area contributed by atoms with E-state index in [0.29, 0.717) is 5.69 Å². The van der Waals surface area contributed by atoms with Gasteiger partial charge in [0.25, 0.3) is 5.69 Å². The third kappa shape index (κ3) is 2.68. The molecule has 96 valence electrons. The number of hydrogen-bond donors (Lipinski definition) is 1. The van der Waals surface area contributed by atoms with Gasteiger partial charge < -0.3 is 5.11 Å². The van der Waals surface area contributed by atoms with Crippen molar-refractivity contribution in [2.75, 3.05) is 4.90 Å². The molecule has 0 aliphatic rings. The molecular weight excluding hydrogens is 248 g/mol. The minimum Gasteiger partial charge on any atom is -0.464 e. The molecule has 2 rings (SSSR count). The number of nitro benzene ring substituents is 1. The number of carbonyl (C=O) groups is 1. The first-order chi connectivity index (χ1) is 9.09. The standard InChI is InChI=1S/C13H10N2O4/c16-13(17)14(10-5-2-1-3-6-10)11-7-4-8-12(9-11)15(18)19/h1-9H,(H,16,17). The molecule has 0 unspecified atom stereocenters. The van der Waals surface area contributed by atoms with Crippen LogP contribution >= 0.6 is 0 Å². The van der Waals surface area contributed by atoms with Crippen LogP contribution in [0, 0.1) is 10.1 Å². The van der Waals surface area contributed by atoms with E-state index >= 15 is 0 Å². The van der Waals surface area contributed by atoms with Gasteiger partial charge in [-0.1, -0.05) is 24.3 Å². The third-order valence-corrected chi connectivity index (χ3v) is 2.50. The molecule has 0 saturated heterocycles. The van der Waals surface area contributed by atoms with Gasteiger partial charge in [0.1, 0.15) is 0 Å². The van der Waals surface area contributed by atoms with E-state index in [1.54, 1.807) is 30.3 Å². The summed E-state index contributed by atoms with van der Waals surface area (Å²) in [5, 5.41) is 20.0. The van der Waals surface area contributed by atoms with Crippen molar-refractivity contribution < 1.29 is 14.8 Å². The molecule has 0 atom stereocenters. The first kappa shape index (κ1) is 12.6. The molecule has 6 heteroatoms. The van der Waals surface area contributed by atoms with Crippen LogP contribution in [0.3, 0.4) is 0 Å². The Morgan fingerprint density at radius 2 is 1.68 bits per heavy atom. The van der Waals surface area contributed by atoms with Gasteiger partial charge in [0.05, 0.1) is 16.3 Å². The number of anilines is 2. The Bertz CT molecular complexity index is 613. The molecule has 6 nitrogen and oxygen atoms in total. The first-order valence-electron chi connectivity index (χ1n) is 5.42. The molecule has 1 amide bonds. The zero-order chi connectivity index (χ0) is 13.8. The third-order valence-electron chi connectivity index (χ3n) is 2.50. The molecule has 2 aromatic carbocycles. The Kier molecular flexibility index (Phi) is 3.42. The van der Waals surface area contributed by atoms with E-state index in [0.717, 1.165) is 4.90 Å². The number of nitro groups is 1. The summed E-state index contributed by atoms with van der Waals surface area (Å²) < 4.78 is 0. The lowest BCUT2D eigenvalue weighted by atomic mass is 10.2. The predicted molar refractivity (Wildman–Crippen MR) is 69.7 cm³/mol. The van der Waals surface area contributed by atoms with E-state index < -0.39 is 11.0 Å². The summed E-state index contributed by atoms with van der Waals surface area (Å²) >= 11 is 0. The fourth-order valence-electron chi connectivity index (χ4n) is 1.69. The fraction of sp³-hybridized carbons (Fsp3) is 0. The van der Waals surface area contributed by atoms with Crippen LogP contribution in [-0.2, 0) is 0 Å². The van der Waals surface area contributed by atoms with E-state index in [1.165, 1.54) is 24.3 Å². The molecule has 2 aromatic rings. The van der Waals surface area contributed by atoms with Crippen molar-refractivity contribution in [3.8, 4) is 0 Å². The molecule has 0 heterocycles. The summed E-state index contributed by atoms with van der Waals surface area (Å²) in [5.74, 6) is 0. The highest BCUT2D eigenvalue weighted by atomic mass is 16.6. The second-order valence-corrected chi connectivity index (χ2v) is 3.73. The number of amides is 1. The van der Waals surface area contributed by atoms with Gasteiger partial charge in [0.2, 0.25) is 0 Å². The van der Waals surface area contributed by atoms with Crippen LogP contribution in [-0.4, -0.2) is 16.1 Å². The minimum absolute atomic E-state index is 0.153. The molecule has 0 spiro atoms. The number of para-hydroxylation sites is 1. The quantitative estimate of drug-likeness (QED) is 0.675. The lowest BCUT2D eigenvalue weighted by molar-refractivity contribution is -0.384. The summed E-state index contributed by atoms with van der Waals surface area (Å²) in [5.41, 5.74) is 0.503. The maximum Gasteiger partial charge on any atom is 0.416 e. The van der Waals surface area contributed by atoms with Crippen LogP contribution in [0.2, 0.25) is 0 Å². The number of nitrogens with zero attached hydrogens (tertiary/aromatic N) is 2. The lowest BCUT2D eigenvalue weighted by Gasteiger charge is -2.18.